The zero-order valence-electron chi connectivity index (χ0n) is 8.62. The van der Waals surface area contributed by atoms with Gasteiger partial charge < -0.3 is 15.2 Å². The number of hydrogen-bond acceptors (Lipinski definition) is 4. The Hall–Kier alpha value is -1.29. The lowest BCUT2D eigenvalue weighted by Crippen LogP contribution is -2.02. The summed E-state index contributed by atoms with van der Waals surface area (Å²) in [5.41, 5.74) is 6.54. The fourth-order valence-corrected chi connectivity index (χ4v) is 1.25. The lowest BCUT2D eigenvalue weighted by atomic mass is 10.1. The van der Waals surface area contributed by atoms with Crippen LogP contribution in [0.3, 0.4) is 0 Å². The van der Waals surface area contributed by atoms with E-state index < -0.39 is 0 Å². The Labute approximate surface area is 84.0 Å². The minimum absolute atomic E-state index is 0.609. The van der Waals surface area contributed by atoms with Gasteiger partial charge in [-0.1, -0.05) is 0 Å². The molecule has 2 N–H and O–H groups in total. The lowest BCUT2D eigenvalue weighted by molar-refractivity contribution is 0.384. The quantitative estimate of drug-likeness (QED) is 0.763. The lowest BCUT2D eigenvalue weighted by Gasteiger charge is -2.08. The second-order valence-electron chi connectivity index (χ2n) is 2.93. The SMILES string of the molecule is COc1cc(CCCN)c(OC)cn1. The molecule has 0 aliphatic carbocycles. The third-order valence-corrected chi connectivity index (χ3v) is 2.00. The Bertz CT molecular complexity index is 289. The zero-order valence-corrected chi connectivity index (χ0v) is 8.62. The van der Waals surface area contributed by atoms with Crippen molar-refractivity contribution in [1.82, 2.24) is 4.98 Å². The van der Waals surface area contributed by atoms with Crippen LogP contribution in [0.15, 0.2) is 12.3 Å². The largest absolute Gasteiger partial charge is 0.495 e. The Kier molecular flexibility index (Phi) is 4.19. The highest BCUT2D eigenvalue weighted by atomic mass is 16.5. The van der Waals surface area contributed by atoms with E-state index in [4.69, 9.17) is 15.2 Å². The molecular weight excluding hydrogens is 180 g/mol. The topological polar surface area (TPSA) is 57.4 Å². The van der Waals surface area contributed by atoms with Crippen LogP contribution in [0.25, 0.3) is 0 Å². The first-order chi connectivity index (χ1) is 6.81. The fourth-order valence-electron chi connectivity index (χ4n) is 1.25. The summed E-state index contributed by atoms with van der Waals surface area (Å²) in [5.74, 6) is 1.40. The van der Waals surface area contributed by atoms with Crippen molar-refractivity contribution >= 4 is 0 Å². The first-order valence-corrected chi connectivity index (χ1v) is 4.58. The molecule has 1 aromatic heterocycles. The fraction of sp³-hybridized carbons (Fsp3) is 0.500. The van der Waals surface area contributed by atoms with Crippen LogP contribution < -0.4 is 15.2 Å². The van der Waals surface area contributed by atoms with Crippen molar-refractivity contribution < 1.29 is 9.47 Å². The van der Waals surface area contributed by atoms with E-state index in [2.05, 4.69) is 4.98 Å². The van der Waals surface area contributed by atoms with Gasteiger partial charge in [-0.2, -0.15) is 0 Å². The van der Waals surface area contributed by atoms with E-state index in [0.29, 0.717) is 12.4 Å². The molecule has 0 saturated carbocycles. The van der Waals surface area contributed by atoms with E-state index in [-0.39, 0.29) is 0 Å². The Morgan fingerprint density at radius 3 is 2.71 bits per heavy atom. The van der Waals surface area contributed by atoms with Crippen molar-refractivity contribution in [1.29, 1.82) is 0 Å². The second kappa shape index (κ2) is 5.44. The monoisotopic (exact) mass is 196 g/mol. The number of methoxy groups -OCH3 is 2. The first kappa shape index (κ1) is 10.8. The number of nitrogens with two attached hydrogens (primary N) is 1. The van der Waals surface area contributed by atoms with E-state index in [1.165, 1.54) is 0 Å². The van der Waals surface area contributed by atoms with Crippen LogP contribution in [0.1, 0.15) is 12.0 Å². The molecule has 0 fully saturated rings. The normalized spacial score (nSPS) is 9.93. The third-order valence-electron chi connectivity index (χ3n) is 2.00. The van der Waals surface area contributed by atoms with E-state index in [9.17, 15) is 0 Å². The first-order valence-electron chi connectivity index (χ1n) is 4.58. The maximum atomic E-state index is 5.45. The molecule has 14 heavy (non-hydrogen) atoms. The Morgan fingerprint density at radius 1 is 1.36 bits per heavy atom. The van der Waals surface area contributed by atoms with Crippen molar-refractivity contribution in [2.24, 2.45) is 5.73 Å². The maximum Gasteiger partial charge on any atom is 0.213 e. The van der Waals surface area contributed by atoms with Crippen LogP contribution in [0.5, 0.6) is 11.6 Å². The van der Waals surface area contributed by atoms with Gasteiger partial charge in [-0.05, 0) is 19.4 Å². The number of ether oxygens (including phenoxy) is 2. The van der Waals surface area contributed by atoms with Gasteiger partial charge in [0.1, 0.15) is 5.75 Å². The van der Waals surface area contributed by atoms with Crippen molar-refractivity contribution in [2.75, 3.05) is 20.8 Å². The predicted molar refractivity (Wildman–Crippen MR) is 54.7 cm³/mol. The highest BCUT2D eigenvalue weighted by Gasteiger charge is 2.05. The Balaban J connectivity index is 2.84. The summed E-state index contributed by atoms with van der Waals surface area (Å²) in [6, 6.07) is 1.88. The van der Waals surface area contributed by atoms with Crippen molar-refractivity contribution in [3.63, 3.8) is 0 Å². The summed E-state index contributed by atoms with van der Waals surface area (Å²) in [4.78, 5) is 4.06. The molecule has 0 atom stereocenters. The number of aromatic nitrogens is 1. The van der Waals surface area contributed by atoms with Gasteiger partial charge in [-0.25, -0.2) is 4.98 Å². The van der Waals surface area contributed by atoms with Crippen LogP contribution in [-0.2, 0) is 6.42 Å². The average Bonchev–Trinajstić information content (AvgIpc) is 2.25. The number of pyridine rings is 1. The van der Waals surface area contributed by atoms with Gasteiger partial charge in [-0.15, -0.1) is 0 Å². The second-order valence-corrected chi connectivity index (χ2v) is 2.93. The van der Waals surface area contributed by atoms with Gasteiger partial charge in [0.05, 0.1) is 20.4 Å². The van der Waals surface area contributed by atoms with Gasteiger partial charge in [-0.3, -0.25) is 0 Å². The number of aryl methyl sites for hydroxylation is 1. The molecule has 0 spiro atoms. The molecule has 0 radical (unpaired) electrons. The third kappa shape index (κ3) is 2.60. The minimum Gasteiger partial charge on any atom is -0.495 e. The van der Waals surface area contributed by atoms with Gasteiger partial charge in [0.15, 0.2) is 0 Å². The molecule has 4 heteroatoms. The molecule has 0 unspecified atom stereocenters. The van der Waals surface area contributed by atoms with Crippen molar-refractivity contribution in [2.45, 2.75) is 12.8 Å². The Morgan fingerprint density at radius 2 is 2.14 bits per heavy atom. The average molecular weight is 196 g/mol. The highest BCUT2D eigenvalue weighted by Crippen LogP contribution is 2.22. The summed E-state index contributed by atoms with van der Waals surface area (Å²) in [5, 5.41) is 0. The summed E-state index contributed by atoms with van der Waals surface area (Å²) in [6.45, 7) is 0.674. The summed E-state index contributed by atoms with van der Waals surface area (Å²) < 4.78 is 10.2. The smallest absolute Gasteiger partial charge is 0.213 e. The molecule has 4 nitrogen and oxygen atoms in total. The maximum absolute atomic E-state index is 5.45. The molecule has 1 aromatic rings. The van der Waals surface area contributed by atoms with E-state index in [1.54, 1.807) is 20.4 Å². The van der Waals surface area contributed by atoms with Crippen LogP contribution in [0, 0.1) is 0 Å². The molecule has 0 aliphatic heterocycles. The zero-order chi connectivity index (χ0) is 10.4. The van der Waals surface area contributed by atoms with Crippen LogP contribution in [0.4, 0.5) is 0 Å². The van der Waals surface area contributed by atoms with Gasteiger partial charge in [0.2, 0.25) is 5.88 Å². The van der Waals surface area contributed by atoms with E-state index >= 15 is 0 Å². The summed E-state index contributed by atoms with van der Waals surface area (Å²) in [6.07, 6.45) is 3.49. The summed E-state index contributed by atoms with van der Waals surface area (Å²) in [7, 11) is 3.23. The molecule has 0 bridgehead atoms. The molecule has 0 amide bonds. The predicted octanol–water partition coefficient (Wildman–Crippen LogP) is 0.990. The van der Waals surface area contributed by atoms with Gasteiger partial charge in [0.25, 0.3) is 0 Å². The molecule has 0 saturated heterocycles. The molecule has 0 aromatic carbocycles. The summed E-state index contributed by atoms with van der Waals surface area (Å²) >= 11 is 0. The highest BCUT2D eigenvalue weighted by molar-refractivity contribution is 5.34. The van der Waals surface area contributed by atoms with Crippen LogP contribution in [0.2, 0.25) is 0 Å². The molecule has 1 heterocycles. The number of nitrogens with zero attached hydrogens (tertiary/aromatic N) is 1. The van der Waals surface area contributed by atoms with Crippen LogP contribution >= 0.6 is 0 Å². The van der Waals surface area contributed by atoms with Gasteiger partial charge in [0, 0.05) is 11.6 Å². The molecule has 78 valence electrons. The van der Waals surface area contributed by atoms with Crippen molar-refractivity contribution in [3.05, 3.63) is 17.8 Å². The van der Waals surface area contributed by atoms with E-state index in [1.807, 2.05) is 6.07 Å². The van der Waals surface area contributed by atoms with Crippen LogP contribution in [-0.4, -0.2) is 25.7 Å². The number of hydrogen-bond donors (Lipinski definition) is 1. The van der Waals surface area contributed by atoms with E-state index in [0.717, 1.165) is 24.2 Å². The molecule has 1 rings (SSSR count). The number of rotatable bonds is 5. The standard InChI is InChI=1S/C10H16N2O2/c1-13-9-7-12-10(14-2)6-8(9)4-3-5-11/h6-7H,3-5,11H2,1-2H3. The molecular formula is C10H16N2O2. The molecule has 0 aliphatic rings. The minimum atomic E-state index is 0.609. The van der Waals surface area contributed by atoms with Crippen molar-refractivity contribution in [3.8, 4) is 11.6 Å². The van der Waals surface area contributed by atoms with Gasteiger partial charge >= 0.3 is 0 Å².